The number of carbonyl (C=O) groups excluding carboxylic acids is 2. The summed E-state index contributed by atoms with van der Waals surface area (Å²) in [6, 6.07) is 12.4. The van der Waals surface area contributed by atoms with E-state index in [2.05, 4.69) is 0 Å². The van der Waals surface area contributed by atoms with Crippen LogP contribution in [0, 0.1) is 6.92 Å². The first-order chi connectivity index (χ1) is 11.9. The van der Waals surface area contributed by atoms with Gasteiger partial charge in [-0.2, -0.15) is 0 Å². The molecule has 0 aliphatic rings. The molecule has 0 bridgehead atoms. The molecule has 132 valence electrons. The molecule has 5 nitrogen and oxygen atoms in total. The van der Waals surface area contributed by atoms with Crippen LogP contribution in [-0.4, -0.2) is 37.5 Å². The Hall–Kier alpha value is -2.53. The predicted molar refractivity (Wildman–Crippen MR) is 95.9 cm³/mol. The third-order valence-corrected chi connectivity index (χ3v) is 3.91. The van der Waals surface area contributed by atoms with Gasteiger partial charge in [-0.05, 0) is 36.8 Å². The monoisotopic (exact) mass is 361 g/mol. The molecule has 6 heteroatoms. The molecule has 2 aromatic carbocycles. The van der Waals surface area contributed by atoms with Gasteiger partial charge in [0, 0.05) is 18.6 Å². The van der Waals surface area contributed by atoms with Crippen molar-refractivity contribution in [3.05, 3.63) is 64.2 Å². The standard InChI is InChI=1S/C19H20ClNO4/c1-13-4-9-17(24-3)16(10-13)19(23)25-12-18(22)21(2)11-14-5-7-15(20)8-6-14/h4-10H,11-12H2,1-3H3. The van der Waals surface area contributed by atoms with Gasteiger partial charge in [0.1, 0.15) is 11.3 Å². The summed E-state index contributed by atoms with van der Waals surface area (Å²) in [7, 11) is 3.13. The molecule has 0 radical (unpaired) electrons. The molecule has 25 heavy (non-hydrogen) atoms. The van der Waals surface area contributed by atoms with E-state index in [1.54, 1.807) is 31.3 Å². The van der Waals surface area contributed by atoms with Crippen LogP contribution in [0.15, 0.2) is 42.5 Å². The van der Waals surface area contributed by atoms with Crippen molar-refractivity contribution in [3.8, 4) is 5.75 Å². The number of ether oxygens (including phenoxy) is 2. The molecule has 0 spiro atoms. The minimum absolute atomic E-state index is 0.296. The van der Waals surface area contributed by atoms with Gasteiger partial charge in [0.15, 0.2) is 6.61 Å². The second kappa shape index (κ2) is 8.53. The quantitative estimate of drug-likeness (QED) is 0.739. The number of hydrogen-bond acceptors (Lipinski definition) is 4. The van der Waals surface area contributed by atoms with Crippen LogP contribution in [0.4, 0.5) is 0 Å². The number of esters is 1. The zero-order valence-corrected chi connectivity index (χ0v) is 15.2. The van der Waals surface area contributed by atoms with Gasteiger partial charge in [-0.25, -0.2) is 4.79 Å². The normalized spacial score (nSPS) is 10.2. The molecule has 0 N–H and O–H groups in total. The van der Waals surface area contributed by atoms with E-state index in [4.69, 9.17) is 21.1 Å². The number of benzene rings is 2. The molecular weight excluding hydrogens is 342 g/mol. The Morgan fingerprint density at radius 1 is 1.12 bits per heavy atom. The molecule has 0 saturated heterocycles. The van der Waals surface area contributed by atoms with Crippen molar-refractivity contribution in [1.29, 1.82) is 0 Å². The first-order valence-electron chi connectivity index (χ1n) is 7.71. The van der Waals surface area contributed by atoms with E-state index in [0.717, 1.165) is 11.1 Å². The molecule has 0 aliphatic heterocycles. The minimum Gasteiger partial charge on any atom is -0.496 e. The number of methoxy groups -OCH3 is 1. The molecule has 0 unspecified atom stereocenters. The van der Waals surface area contributed by atoms with Crippen molar-refractivity contribution in [2.75, 3.05) is 20.8 Å². The third kappa shape index (κ3) is 5.22. The fourth-order valence-electron chi connectivity index (χ4n) is 2.25. The molecule has 0 aliphatic carbocycles. The Morgan fingerprint density at radius 2 is 1.80 bits per heavy atom. The van der Waals surface area contributed by atoms with Crippen molar-refractivity contribution in [3.63, 3.8) is 0 Å². The van der Waals surface area contributed by atoms with Crippen LogP contribution in [0.25, 0.3) is 0 Å². The lowest BCUT2D eigenvalue weighted by Gasteiger charge is -2.17. The van der Waals surface area contributed by atoms with Crippen LogP contribution in [0.2, 0.25) is 5.02 Å². The van der Waals surface area contributed by atoms with E-state index in [1.807, 2.05) is 25.1 Å². The highest BCUT2D eigenvalue weighted by Gasteiger charge is 2.17. The third-order valence-electron chi connectivity index (χ3n) is 3.66. The lowest BCUT2D eigenvalue weighted by molar-refractivity contribution is -0.133. The van der Waals surface area contributed by atoms with Crippen molar-refractivity contribution in [1.82, 2.24) is 4.90 Å². The number of hydrogen-bond donors (Lipinski definition) is 0. The average molecular weight is 362 g/mol. The number of halogens is 1. The fraction of sp³-hybridized carbons (Fsp3) is 0.263. The number of carbonyl (C=O) groups is 2. The fourth-order valence-corrected chi connectivity index (χ4v) is 2.37. The molecule has 2 aromatic rings. The van der Waals surface area contributed by atoms with Gasteiger partial charge in [0.2, 0.25) is 0 Å². The summed E-state index contributed by atoms with van der Waals surface area (Å²) in [6.45, 7) is 1.93. The van der Waals surface area contributed by atoms with Gasteiger partial charge in [-0.1, -0.05) is 35.4 Å². The molecule has 0 aromatic heterocycles. The summed E-state index contributed by atoms with van der Waals surface area (Å²) >= 11 is 5.84. The maximum atomic E-state index is 12.2. The van der Waals surface area contributed by atoms with Gasteiger partial charge < -0.3 is 14.4 Å². The van der Waals surface area contributed by atoms with E-state index in [9.17, 15) is 9.59 Å². The van der Waals surface area contributed by atoms with E-state index in [-0.39, 0.29) is 12.5 Å². The summed E-state index contributed by atoms with van der Waals surface area (Å²) in [5.41, 5.74) is 2.14. The molecule has 0 fully saturated rings. The number of nitrogens with zero attached hydrogens (tertiary/aromatic N) is 1. The van der Waals surface area contributed by atoms with Crippen LogP contribution in [-0.2, 0) is 16.1 Å². The van der Waals surface area contributed by atoms with Crippen molar-refractivity contribution in [2.24, 2.45) is 0 Å². The average Bonchev–Trinajstić information content (AvgIpc) is 2.61. The zero-order valence-electron chi connectivity index (χ0n) is 14.4. The number of aryl methyl sites for hydroxylation is 1. The van der Waals surface area contributed by atoms with Gasteiger partial charge in [-0.3, -0.25) is 4.79 Å². The van der Waals surface area contributed by atoms with Crippen molar-refractivity contribution < 1.29 is 19.1 Å². The predicted octanol–water partition coefficient (Wildman–Crippen LogP) is 3.47. The maximum Gasteiger partial charge on any atom is 0.342 e. The molecular formula is C19H20ClNO4. The summed E-state index contributed by atoms with van der Waals surface area (Å²) in [5, 5.41) is 0.638. The first kappa shape index (κ1) is 18.8. The number of amides is 1. The highest BCUT2D eigenvalue weighted by molar-refractivity contribution is 6.30. The summed E-state index contributed by atoms with van der Waals surface area (Å²) in [5.74, 6) is -0.471. The largest absolute Gasteiger partial charge is 0.496 e. The van der Waals surface area contributed by atoms with Gasteiger partial charge in [-0.15, -0.1) is 0 Å². The Morgan fingerprint density at radius 3 is 2.44 bits per heavy atom. The topological polar surface area (TPSA) is 55.8 Å². The van der Waals surface area contributed by atoms with Crippen LogP contribution in [0.1, 0.15) is 21.5 Å². The first-order valence-corrected chi connectivity index (χ1v) is 8.08. The maximum absolute atomic E-state index is 12.2. The van der Waals surface area contributed by atoms with Crippen molar-refractivity contribution >= 4 is 23.5 Å². The van der Waals surface area contributed by atoms with Crippen molar-refractivity contribution in [2.45, 2.75) is 13.5 Å². The van der Waals surface area contributed by atoms with E-state index >= 15 is 0 Å². The lowest BCUT2D eigenvalue weighted by atomic mass is 10.1. The zero-order chi connectivity index (χ0) is 18.4. The van der Waals surface area contributed by atoms with Gasteiger partial charge in [0.05, 0.1) is 7.11 Å². The molecule has 1 amide bonds. The molecule has 0 saturated carbocycles. The second-order valence-electron chi connectivity index (χ2n) is 5.66. The number of likely N-dealkylation sites (N-methyl/N-ethyl adjacent to an activating group) is 1. The van der Waals surface area contributed by atoms with Gasteiger partial charge in [0.25, 0.3) is 5.91 Å². The molecule has 2 rings (SSSR count). The summed E-state index contributed by atoms with van der Waals surface area (Å²) < 4.78 is 10.3. The van der Waals surface area contributed by atoms with Crippen LogP contribution in [0.5, 0.6) is 5.75 Å². The van der Waals surface area contributed by atoms with Crippen LogP contribution >= 0.6 is 11.6 Å². The summed E-state index contributed by atoms with van der Waals surface area (Å²) in [4.78, 5) is 25.9. The Bertz CT molecular complexity index is 759. The summed E-state index contributed by atoms with van der Waals surface area (Å²) in [6.07, 6.45) is 0. The highest BCUT2D eigenvalue weighted by atomic mass is 35.5. The second-order valence-corrected chi connectivity index (χ2v) is 6.09. The molecule has 0 atom stereocenters. The Labute approximate surface area is 152 Å². The molecule has 0 heterocycles. The Balaban J connectivity index is 1.93. The van der Waals surface area contributed by atoms with Crippen LogP contribution < -0.4 is 4.74 Å². The minimum atomic E-state index is -0.589. The SMILES string of the molecule is COc1ccc(C)cc1C(=O)OCC(=O)N(C)Cc1ccc(Cl)cc1. The van der Waals surface area contributed by atoms with Crippen LogP contribution in [0.3, 0.4) is 0 Å². The lowest BCUT2D eigenvalue weighted by Crippen LogP contribution is -2.30. The number of rotatable bonds is 6. The van der Waals surface area contributed by atoms with E-state index in [0.29, 0.717) is 22.9 Å². The van der Waals surface area contributed by atoms with E-state index < -0.39 is 5.97 Å². The van der Waals surface area contributed by atoms with E-state index in [1.165, 1.54) is 12.0 Å². The Kier molecular flexibility index (Phi) is 6.42. The smallest absolute Gasteiger partial charge is 0.342 e. The highest BCUT2D eigenvalue weighted by Crippen LogP contribution is 2.20. The van der Waals surface area contributed by atoms with Gasteiger partial charge >= 0.3 is 5.97 Å².